The highest BCUT2D eigenvalue weighted by atomic mass is 14.9. The monoisotopic (exact) mass is 302 g/mol. The van der Waals surface area contributed by atoms with Crippen LogP contribution in [0.25, 0.3) is 0 Å². The van der Waals surface area contributed by atoms with E-state index < -0.39 is 0 Å². The summed E-state index contributed by atoms with van der Waals surface area (Å²) in [7, 11) is 0. The Morgan fingerprint density at radius 2 is 1.64 bits per heavy atom. The molecule has 0 amide bonds. The maximum Gasteiger partial charge on any atom is 0.0340 e. The molecule has 1 aromatic carbocycles. The topological polar surface area (TPSA) is 24.1 Å². The standard InChI is InChI=1S/C20H34N2/c1-2-3-4-5-6-7-8-9-15-22-20-12-10-18(11-13-20)19-14-16-21-17-19/h10-13,19,21-22H,2-9,14-17H2,1H3. The van der Waals surface area contributed by atoms with Crippen LogP contribution in [-0.4, -0.2) is 19.6 Å². The van der Waals surface area contributed by atoms with Crippen molar-refractivity contribution in [2.45, 2.75) is 70.6 Å². The predicted molar refractivity (Wildman–Crippen MR) is 97.8 cm³/mol. The fourth-order valence-electron chi connectivity index (χ4n) is 3.30. The molecule has 124 valence electrons. The summed E-state index contributed by atoms with van der Waals surface area (Å²) in [5.41, 5.74) is 2.76. The molecule has 1 saturated heterocycles. The SMILES string of the molecule is CCCCCCCCCCNc1ccc(C2CCNC2)cc1. The van der Waals surface area contributed by atoms with E-state index in [1.54, 1.807) is 0 Å². The third-order valence-corrected chi connectivity index (χ3v) is 4.80. The molecule has 0 bridgehead atoms. The van der Waals surface area contributed by atoms with Crippen LogP contribution in [0.5, 0.6) is 0 Å². The van der Waals surface area contributed by atoms with Crippen LogP contribution in [0.1, 0.15) is 76.2 Å². The van der Waals surface area contributed by atoms with E-state index in [1.165, 1.54) is 75.6 Å². The van der Waals surface area contributed by atoms with Gasteiger partial charge >= 0.3 is 0 Å². The average Bonchev–Trinajstić information content (AvgIpc) is 3.08. The summed E-state index contributed by atoms with van der Waals surface area (Å²) < 4.78 is 0. The molecule has 1 aliphatic rings. The van der Waals surface area contributed by atoms with Gasteiger partial charge in [-0.3, -0.25) is 0 Å². The zero-order valence-corrected chi connectivity index (χ0v) is 14.4. The van der Waals surface area contributed by atoms with Crippen molar-refractivity contribution in [1.82, 2.24) is 5.32 Å². The van der Waals surface area contributed by atoms with E-state index in [9.17, 15) is 0 Å². The van der Waals surface area contributed by atoms with Crippen LogP contribution in [0, 0.1) is 0 Å². The molecule has 2 N–H and O–H groups in total. The Kier molecular flexibility index (Phi) is 8.40. The highest BCUT2D eigenvalue weighted by Crippen LogP contribution is 2.23. The lowest BCUT2D eigenvalue weighted by Crippen LogP contribution is -2.08. The smallest absolute Gasteiger partial charge is 0.0340 e. The predicted octanol–water partition coefficient (Wildman–Crippen LogP) is 5.32. The van der Waals surface area contributed by atoms with Crippen molar-refractivity contribution in [3.8, 4) is 0 Å². The first-order chi connectivity index (χ1) is 10.9. The van der Waals surface area contributed by atoms with Crippen LogP contribution in [0.15, 0.2) is 24.3 Å². The maximum atomic E-state index is 3.56. The second-order valence-electron chi connectivity index (χ2n) is 6.71. The Bertz CT molecular complexity index is 379. The molecule has 0 spiro atoms. The van der Waals surface area contributed by atoms with E-state index in [0.29, 0.717) is 0 Å². The van der Waals surface area contributed by atoms with Crippen molar-refractivity contribution in [3.63, 3.8) is 0 Å². The van der Waals surface area contributed by atoms with Crippen molar-refractivity contribution in [1.29, 1.82) is 0 Å². The second kappa shape index (κ2) is 10.7. The van der Waals surface area contributed by atoms with Crippen LogP contribution in [0.2, 0.25) is 0 Å². The molecule has 2 heteroatoms. The minimum Gasteiger partial charge on any atom is -0.385 e. The Morgan fingerprint density at radius 1 is 0.955 bits per heavy atom. The van der Waals surface area contributed by atoms with Gasteiger partial charge in [-0.25, -0.2) is 0 Å². The van der Waals surface area contributed by atoms with Crippen molar-refractivity contribution in [2.24, 2.45) is 0 Å². The van der Waals surface area contributed by atoms with Crippen LogP contribution < -0.4 is 10.6 Å². The summed E-state index contributed by atoms with van der Waals surface area (Å²) >= 11 is 0. The molecule has 2 rings (SSSR count). The first-order valence-electron chi connectivity index (χ1n) is 9.44. The number of nitrogens with one attached hydrogen (secondary N) is 2. The molecular weight excluding hydrogens is 268 g/mol. The van der Waals surface area contributed by atoms with Crippen molar-refractivity contribution in [3.05, 3.63) is 29.8 Å². The van der Waals surface area contributed by atoms with E-state index in [-0.39, 0.29) is 0 Å². The summed E-state index contributed by atoms with van der Waals surface area (Å²) in [6.45, 7) is 5.70. The summed E-state index contributed by atoms with van der Waals surface area (Å²) in [6, 6.07) is 9.10. The quantitative estimate of drug-likeness (QED) is 0.541. The lowest BCUT2D eigenvalue weighted by atomic mass is 9.98. The van der Waals surface area contributed by atoms with Crippen LogP contribution in [-0.2, 0) is 0 Å². The van der Waals surface area contributed by atoms with Crippen LogP contribution in [0.4, 0.5) is 5.69 Å². The minimum atomic E-state index is 0.724. The summed E-state index contributed by atoms with van der Waals surface area (Å²) in [5, 5.41) is 7.00. The molecule has 22 heavy (non-hydrogen) atoms. The zero-order valence-electron chi connectivity index (χ0n) is 14.4. The van der Waals surface area contributed by atoms with Gasteiger partial charge in [-0.05, 0) is 43.0 Å². The Hall–Kier alpha value is -1.02. The van der Waals surface area contributed by atoms with Gasteiger partial charge in [0.25, 0.3) is 0 Å². The van der Waals surface area contributed by atoms with Crippen LogP contribution in [0.3, 0.4) is 0 Å². The second-order valence-corrected chi connectivity index (χ2v) is 6.71. The molecule has 0 saturated carbocycles. The van der Waals surface area contributed by atoms with Gasteiger partial charge in [0.15, 0.2) is 0 Å². The Morgan fingerprint density at radius 3 is 2.27 bits per heavy atom. The molecule has 0 aromatic heterocycles. The highest BCUT2D eigenvalue weighted by molar-refractivity contribution is 5.45. The van der Waals surface area contributed by atoms with Gasteiger partial charge in [-0.15, -0.1) is 0 Å². The number of rotatable bonds is 11. The van der Waals surface area contributed by atoms with Gasteiger partial charge in [-0.1, -0.05) is 64.0 Å². The van der Waals surface area contributed by atoms with Crippen molar-refractivity contribution in [2.75, 3.05) is 25.0 Å². The summed E-state index contributed by atoms with van der Waals surface area (Å²) in [6.07, 6.45) is 12.4. The molecule has 1 aliphatic heterocycles. The molecule has 0 aliphatic carbocycles. The number of benzene rings is 1. The Balaban J connectivity index is 1.52. The van der Waals surface area contributed by atoms with E-state index in [1.807, 2.05) is 0 Å². The third kappa shape index (κ3) is 6.39. The van der Waals surface area contributed by atoms with Gasteiger partial charge in [-0.2, -0.15) is 0 Å². The van der Waals surface area contributed by atoms with Gasteiger partial charge in [0, 0.05) is 18.8 Å². The lowest BCUT2D eigenvalue weighted by Gasteiger charge is -2.11. The maximum absolute atomic E-state index is 3.56. The van der Waals surface area contributed by atoms with E-state index in [2.05, 4.69) is 41.8 Å². The summed E-state index contributed by atoms with van der Waals surface area (Å²) in [5.74, 6) is 0.724. The van der Waals surface area contributed by atoms with Gasteiger partial charge in [0.1, 0.15) is 0 Å². The summed E-state index contributed by atoms with van der Waals surface area (Å²) in [4.78, 5) is 0. The van der Waals surface area contributed by atoms with Crippen molar-refractivity contribution >= 4 is 5.69 Å². The molecule has 1 fully saturated rings. The third-order valence-electron chi connectivity index (χ3n) is 4.80. The molecule has 1 atom stereocenters. The van der Waals surface area contributed by atoms with E-state index in [0.717, 1.165) is 19.0 Å². The van der Waals surface area contributed by atoms with Gasteiger partial charge in [0.2, 0.25) is 0 Å². The van der Waals surface area contributed by atoms with Crippen LogP contribution >= 0.6 is 0 Å². The van der Waals surface area contributed by atoms with Gasteiger partial charge < -0.3 is 10.6 Å². The number of hydrogen-bond acceptors (Lipinski definition) is 2. The minimum absolute atomic E-state index is 0.724. The van der Waals surface area contributed by atoms with E-state index >= 15 is 0 Å². The van der Waals surface area contributed by atoms with Gasteiger partial charge in [0.05, 0.1) is 0 Å². The number of unbranched alkanes of at least 4 members (excludes halogenated alkanes) is 7. The largest absolute Gasteiger partial charge is 0.385 e. The molecular formula is C20H34N2. The number of anilines is 1. The number of hydrogen-bond donors (Lipinski definition) is 2. The first-order valence-corrected chi connectivity index (χ1v) is 9.44. The lowest BCUT2D eigenvalue weighted by molar-refractivity contribution is 0.581. The fourth-order valence-corrected chi connectivity index (χ4v) is 3.30. The molecule has 1 heterocycles. The van der Waals surface area contributed by atoms with Crippen molar-refractivity contribution < 1.29 is 0 Å². The molecule has 1 unspecified atom stereocenters. The zero-order chi connectivity index (χ0) is 15.5. The highest BCUT2D eigenvalue weighted by Gasteiger charge is 2.15. The first kappa shape index (κ1) is 17.3. The normalized spacial score (nSPS) is 17.8. The van der Waals surface area contributed by atoms with E-state index in [4.69, 9.17) is 0 Å². The molecule has 1 aromatic rings. The average molecular weight is 303 g/mol. The molecule has 0 radical (unpaired) electrons. The fraction of sp³-hybridized carbons (Fsp3) is 0.700. The Labute approximate surface area is 137 Å². The molecule has 2 nitrogen and oxygen atoms in total.